The van der Waals surface area contributed by atoms with Crippen LogP contribution in [0.1, 0.15) is 32.3 Å². The van der Waals surface area contributed by atoms with E-state index in [4.69, 9.17) is 11.6 Å². The highest BCUT2D eigenvalue weighted by Gasteiger charge is 2.30. The highest BCUT2D eigenvalue weighted by Crippen LogP contribution is 2.20. The summed E-state index contributed by atoms with van der Waals surface area (Å²) in [5.74, 6) is -1.43. The van der Waals surface area contributed by atoms with Crippen LogP contribution < -0.4 is 9.62 Å². The van der Waals surface area contributed by atoms with E-state index in [0.717, 1.165) is 41.1 Å². The lowest BCUT2D eigenvalue weighted by Crippen LogP contribution is -2.51. The number of unbranched alkanes of at least 4 members (excludes halogenated alkanes) is 1. The van der Waals surface area contributed by atoms with E-state index in [1.807, 2.05) is 6.92 Å². The summed E-state index contributed by atoms with van der Waals surface area (Å²) in [7, 11) is -3.86. The number of halogens is 2. The van der Waals surface area contributed by atoms with Crippen LogP contribution in [0.15, 0.2) is 48.5 Å². The molecule has 1 atom stereocenters. The Morgan fingerprint density at radius 3 is 2.24 bits per heavy atom. The molecule has 2 rings (SSSR count). The first kappa shape index (κ1) is 26.6. The van der Waals surface area contributed by atoms with Gasteiger partial charge in [-0.3, -0.25) is 13.9 Å². The van der Waals surface area contributed by atoms with Gasteiger partial charge < -0.3 is 10.2 Å². The van der Waals surface area contributed by atoms with Gasteiger partial charge >= 0.3 is 0 Å². The van der Waals surface area contributed by atoms with Crippen molar-refractivity contribution in [2.24, 2.45) is 0 Å². The lowest BCUT2D eigenvalue weighted by Gasteiger charge is -2.31. The van der Waals surface area contributed by atoms with Gasteiger partial charge in [0.15, 0.2) is 0 Å². The van der Waals surface area contributed by atoms with Gasteiger partial charge in [0.25, 0.3) is 0 Å². The first-order valence-corrected chi connectivity index (χ1v) is 12.8. The molecule has 0 aliphatic rings. The van der Waals surface area contributed by atoms with Crippen molar-refractivity contribution >= 4 is 39.1 Å². The van der Waals surface area contributed by atoms with Crippen molar-refractivity contribution in [3.8, 4) is 0 Å². The maximum Gasteiger partial charge on any atom is 0.244 e. The van der Waals surface area contributed by atoms with Crippen molar-refractivity contribution in [3.05, 3.63) is 64.9 Å². The standard InChI is InChI=1S/C23H29ClFN3O4S/c1-4-5-14-26-23(30)17(2)27(15-18-6-8-19(24)9-7-18)22(29)16-28(33(3,31)32)21-12-10-20(25)11-13-21/h6-13,17H,4-5,14-16H2,1-3H3,(H,26,30)/t17-/m0/s1. The lowest BCUT2D eigenvalue weighted by atomic mass is 10.1. The number of hydrogen-bond donors (Lipinski definition) is 1. The van der Waals surface area contributed by atoms with Gasteiger partial charge in [-0.2, -0.15) is 0 Å². The van der Waals surface area contributed by atoms with Crippen LogP contribution in [-0.2, 0) is 26.2 Å². The maximum atomic E-state index is 13.3. The average Bonchev–Trinajstić information content (AvgIpc) is 2.76. The van der Waals surface area contributed by atoms with Gasteiger partial charge in [-0.05, 0) is 55.3 Å². The number of carbonyl (C=O) groups is 2. The lowest BCUT2D eigenvalue weighted by molar-refractivity contribution is -0.139. The summed E-state index contributed by atoms with van der Waals surface area (Å²) in [6, 6.07) is 10.8. The Balaban J connectivity index is 2.32. The molecule has 0 spiro atoms. The molecule has 0 aromatic heterocycles. The number of rotatable bonds is 11. The third-order valence-electron chi connectivity index (χ3n) is 5.06. The van der Waals surface area contributed by atoms with Crippen LogP contribution >= 0.6 is 11.6 Å². The van der Waals surface area contributed by atoms with Gasteiger partial charge in [0.05, 0.1) is 11.9 Å². The van der Waals surface area contributed by atoms with Gasteiger partial charge in [-0.1, -0.05) is 37.1 Å². The maximum absolute atomic E-state index is 13.3. The van der Waals surface area contributed by atoms with E-state index in [2.05, 4.69) is 5.32 Å². The van der Waals surface area contributed by atoms with E-state index in [0.29, 0.717) is 11.6 Å². The fourth-order valence-electron chi connectivity index (χ4n) is 3.13. The van der Waals surface area contributed by atoms with E-state index < -0.39 is 34.3 Å². The smallest absolute Gasteiger partial charge is 0.244 e. The Morgan fingerprint density at radius 1 is 1.09 bits per heavy atom. The minimum absolute atomic E-state index is 0.0827. The molecule has 1 N–H and O–H groups in total. The highest BCUT2D eigenvalue weighted by molar-refractivity contribution is 7.92. The summed E-state index contributed by atoms with van der Waals surface area (Å²) < 4.78 is 39.1. The zero-order valence-electron chi connectivity index (χ0n) is 18.9. The van der Waals surface area contributed by atoms with Crippen molar-refractivity contribution in [2.45, 2.75) is 39.3 Å². The Hall–Kier alpha value is -2.65. The number of nitrogens with zero attached hydrogens (tertiary/aromatic N) is 2. The van der Waals surface area contributed by atoms with Crippen molar-refractivity contribution in [3.63, 3.8) is 0 Å². The molecule has 7 nitrogen and oxygen atoms in total. The molecule has 0 aliphatic heterocycles. The molecule has 0 heterocycles. The van der Waals surface area contributed by atoms with E-state index in [9.17, 15) is 22.4 Å². The second-order valence-electron chi connectivity index (χ2n) is 7.71. The molecule has 10 heteroatoms. The van der Waals surface area contributed by atoms with Crippen molar-refractivity contribution in [1.29, 1.82) is 0 Å². The fourth-order valence-corrected chi connectivity index (χ4v) is 4.10. The number of amides is 2. The SMILES string of the molecule is CCCCNC(=O)[C@H](C)N(Cc1ccc(Cl)cc1)C(=O)CN(c1ccc(F)cc1)S(C)(=O)=O. The number of benzene rings is 2. The highest BCUT2D eigenvalue weighted by atomic mass is 35.5. The predicted molar refractivity (Wildman–Crippen MR) is 128 cm³/mol. The number of anilines is 1. The van der Waals surface area contributed by atoms with Gasteiger partial charge in [-0.25, -0.2) is 12.8 Å². The molecule has 2 aromatic carbocycles. The normalized spacial score (nSPS) is 12.2. The van der Waals surface area contributed by atoms with Crippen LogP contribution in [0.2, 0.25) is 5.02 Å². The van der Waals surface area contributed by atoms with E-state index in [-0.39, 0.29) is 18.1 Å². The van der Waals surface area contributed by atoms with Gasteiger partial charge in [0, 0.05) is 18.1 Å². The summed E-state index contributed by atoms with van der Waals surface area (Å²) in [5.41, 5.74) is 0.882. The average molecular weight is 498 g/mol. The van der Waals surface area contributed by atoms with Crippen LogP contribution in [0, 0.1) is 5.82 Å². The molecule has 180 valence electrons. The first-order chi connectivity index (χ1) is 15.5. The molecule has 2 aromatic rings. The molecule has 0 unspecified atom stereocenters. The number of carbonyl (C=O) groups excluding carboxylic acids is 2. The van der Waals surface area contributed by atoms with Crippen LogP contribution in [0.4, 0.5) is 10.1 Å². The summed E-state index contributed by atoms with van der Waals surface area (Å²) in [5, 5.41) is 3.34. The van der Waals surface area contributed by atoms with Gasteiger partial charge in [0.2, 0.25) is 21.8 Å². The Bertz CT molecular complexity index is 1050. The molecule has 0 saturated carbocycles. The molecule has 2 amide bonds. The molecule has 0 fully saturated rings. The molecular formula is C23H29ClFN3O4S. The van der Waals surface area contributed by atoms with Crippen molar-refractivity contribution in [2.75, 3.05) is 23.7 Å². The predicted octanol–water partition coefficient (Wildman–Crippen LogP) is 3.58. The molecule has 0 radical (unpaired) electrons. The van der Waals surface area contributed by atoms with Crippen LogP contribution in [0.5, 0.6) is 0 Å². The zero-order valence-corrected chi connectivity index (χ0v) is 20.5. The molecular weight excluding hydrogens is 469 g/mol. The van der Waals surface area contributed by atoms with Gasteiger partial charge in [-0.15, -0.1) is 0 Å². The van der Waals surface area contributed by atoms with E-state index in [1.54, 1.807) is 31.2 Å². The Kier molecular flexibility index (Phi) is 9.67. The molecule has 0 aliphatic carbocycles. The Labute approximate surface area is 199 Å². The monoisotopic (exact) mass is 497 g/mol. The van der Waals surface area contributed by atoms with Crippen molar-refractivity contribution in [1.82, 2.24) is 10.2 Å². The second-order valence-corrected chi connectivity index (χ2v) is 10.1. The third kappa shape index (κ3) is 8.01. The number of nitrogens with one attached hydrogen (secondary N) is 1. The van der Waals surface area contributed by atoms with Crippen LogP contribution in [0.25, 0.3) is 0 Å². The minimum atomic E-state index is -3.86. The summed E-state index contributed by atoms with van der Waals surface area (Å²) in [4.78, 5) is 27.4. The Morgan fingerprint density at radius 2 is 1.70 bits per heavy atom. The largest absolute Gasteiger partial charge is 0.354 e. The van der Waals surface area contributed by atoms with E-state index in [1.165, 1.54) is 17.0 Å². The number of sulfonamides is 1. The zero-order chi connectivity index (χ0) is 24.6. The van der Waals surface area contributed by atoms with Crippen LogP contribution in [-0.4, -0.2) is 50.5 Å². The van der Waals surface area contributed by atoms with E-state index >= 15 is 0 Å². The first-order valence-electron chi connectivity index (χ1n) is 10.6. The summed E-state index contributed by atoms with van der Waals surface area (Å²) in [6.45, 7) is 3.62. The molecule has 33 heavy (non-hydrogen) atoms. The quantitative estimate of drug-likeness (QED) is 0.481. The third-order valence-corrected chi connectivity index (χ3v) is 6.45. The number of hydrogen-bond acceptors (Lipinski definition) is 4. The fraction of sp³-hybridized carbons (Fsp3) is 0.391. The minimum Gasteiger partial charge on any atom is -0.354 e. The second kappa shape index (κ2) is 12.0. The topological polar surface area (TPSA) is 86.8 Å². The molecule has 0 bridgehead atoms. The molecule has 0 saturated heterocycles. The van der Waals surface area contributed by atoms with Crippen LogP contribution in [0.3, 0.4) is 0 Å². The van der Waals surface area contributed by atoms with Gasteiger partial charge in [0.1, 0.15) is 18.4 Å². The summed E-state index contributed by atoms with van der Waals surface area (Å²) in [6.07, 6.45) is 2.67. The van der Waals surface area contributed by atoms with Crippen molar-refractivity contribution < 1.29 is 22.4 Å². The summed E-state index contributed by atoms with van der Waals surface area (Å²) >= 11 is 5.95.